The van der Waals surface area contributed by atoms with Crippen molar-refractivity contribution < 1.29 is 18.0 Å². The van der Waals surface area contributed by atoms with Crippen LogP contribution < -0.4 is 10.6 Å². The number of carbonyl (C=O) groups is 2. The van der Waals surface area contributed by atoms with Crippen LogP contribution in [0.5, 0.6) is 0 Å². The number of hydrogen-bond acceptors (Lipinski definition) is 4. The number of benzene rings is 2. The van der Waals surface area contributed by atoms with Crippen molar-refractivity contribution in [2.45, 2.75) is 32.9 Å². The van der Waals surface area contributed by atoms with Crippen LogP contribution in [0.1, 0.15) is 25.0 Å². The highest BCUT2D eigenvalue weighted by molar-refractivity contribution is 7.89. The number of carbonyl (C=O) groups excluding carboxylic acids is 2. The highest BCUT2D eigenvalue weighted by Gasteiger charge is 2.37. The highest BCUT2D eigenvalue weighted by Crippen LogP contribution is 2.27. The van der Waals surface area contributed by atoms with E-state index in [0.717, 1.165) is 11.1 Å². The molecule has 0 aromatic heterocycles. The van der Waals surface area contributed by atoms with Crippen LogP contribution in [0.15, 0.2) is 48.5 Å². The maximum absolute atomic E-state index is 12.9. The predicted molar refractivity (Wildman–Crippen MR) is 108 cm³/mol. The van der Waals surface area contributed by atoms with Gasteiger partial charge in [0, 0.05) is 24.8 Å². The molecule has 0 radical (unpaired) electrons. The minimum Gasteiger partial charge on any atom is -0.326 e. The van der Waals surface area contributed by atoms with Crippen molar-refractivity contribution >= 4 is 33.2 Å². The van der Waals surface area contributed by atoms with Crippen LogP contribution in [0.3, 0.4) is 0 Å². The first-order chi connectivity index (χ1) is 13.3. The summed E-state index contributed by atoms with van der Waals surface area (Å²) in [4.78, 5) is 24.0. The third-order valence-electron chi connectivity index (χ3n) is 4.70. The Morgan fingerprint density at radius 2 is 1.57 bits per heavy atom. The molecule has 2 aromatic rings. The summed E-state index contributed by atoms with van der Waals surface area (Å²) in [6, 6.07) is 13.4. The van der Waals surface area contributed by atoms with Gasteiger partial charge in [-0.05, 0) is 48.7 Å². The number of hydrogen-bond donors (Lipinski definition) is 2. The van der Waals surface area contributed by atoms with Crippen molar-refractivity contribution in [2.75, 3.05) is 16.4 Å². The second kappa shape index (κ2) is 8.12. The van der Waals surface area contributed by atoms with Crippen molar-refractivity contribution in [3.05, 3.63) is 59.7 Å². The Hall–Kier alpha value is -2.71. The summed E-state index contributed by atoms with van der Waals surface area (Å²) in [6.45, 7) is 3.18. The number of rotatable bonds is 5. The SMILES string of the molecule is CCS(=O)(=O)N1Cc2ccccc2C[C@@H]1C(=O)Nc1ccc(NC(C)=O)cc1. The first-order valence-electron chi connectivity index (χ1n) is 9.05. The monoisotopic (exact) mass is 401 g/mol. The lowest BCUT2D eigenvalue weighted by atomic mass is 9.95. The minimum absolute atomic E-state index is 0.0651. The molecule has 2 N–H and O–H groups in total. The molecule has 0 spiro atoms. The molecule has 0 aliphatic carbocycles. The van der Waals surface area contributed by atoms with Crippen LogP contribution in [-0.2, 0) is 32.6 Å². The Kier molecular flexibility index (Phi) is 5.81. The molecule has 1 atom stereocenters. The smallest absolute Gasteiger partial charge is 0.243 e. The predicted octanol–water partition coefficient (Wildman–Crippen LogP) is 2.36. The molecule has 2 amide bonds. The molecular weight excluding hydrogens is 378 g/mol. The average Bonchev–Trinajstić information content (AvgIpc) is 2.68. The molecule has 1 aliphatic heterocycles. The number of anilines is 2. The van der Waals surface area contributed by atoms with Crippen LogP contribution in [0.4, 0.5) is 11.4 Å². The molecule has 3 rings (SSSR count). The van der Waals surface area contributed by atoms with E-state index >= 15 is 0 Å². The lowest BCUT2D eigenvalue weighted by Gasteiger charge is -2.34. The first kappa shape index (κ1) is 20.0. The molecule has 8 heteroatoms. The number of amides is 2. The molecule has 0 saturated carbocycles. The molecular formula is C20H23N3O4S. The third kappa shape index (κ3) is 4.40. The summed E-state index contributed by atoms with van der Waals surface area (Å²) in [6.07, 6.45) is 0.325. The van der Waals surface area contributed by atoms with Gasteiger partial charge in [0.15, 0.2) is 0 Å². The fourth-order valence-electron chi connectivity index (χ4n) is 3.25. The van der Waals surface area contributed by atoms with Crippen LogP contribution >= 0.6 is 0 Å². The largest absolute Gasteiger partial charge is 0.326 e. The van der Waals surface area contributed by atoms with E-state index in [-0.39, 0.29) is 24.1 Å². The summed E-state index contributed by atoms with van der Waals surface area (Å²) in [5, 5.41) is 5.45. The Morgan fingerprint density at radius 1 is 1.00 bits per heavy atom. The van der Waals surface area contributed by atoms with E-state index in [4.69, 9.17) is 0 Å². The van der Waals surface area contributed by atoms with Crippen LogP contribution in [0.2, 0.25) is 0 Å². The summed E-state index contributed by atoms with van der Waals surface area (Å²) >= 11 is 0. The van der Waals surface area contributed by atoms with Gasteiger partial charge in [0.2, 0.25) is 21.8 Å². The van der Waals surface area contributed by atoms with E-state index in [1.165, 1.54) is 11.2 Å². The summed E-state index contributed by atoms with van der Waals surface area (Å²) in [5.41, 5.74) is 3.05. The molecule has 0 saturated heterocycles. The molecule has 0 bridgehead atoms. The van der Waals surface area contributed by atoms with Crippen LogP contribution in [0.25, 0.3) is 0 Å². The molecule has 7 nitrogen and oxygen atoms in total. The molecule has 0 unspecified atom stereocenters. The van der Waals surface area contributed by atoms with Gasteiger partial charge in [-0.1, -0.05) is 24.3 Å². The van der Waals surface area contributed by atoms with Crippen LogP contribution in [0, 0.1) is 0 Å². The quantitative estimate of drug-likeness (QED) is 0.804. The first-order valence-corrected chi connectivity index (χ1v) is 10.7. The van der Waals surface area contributed by atoms with Gasteiger partial charge >= 0.3 is 0 Å². The van der Waals surface area contributed by atoms with Gasteiger partial charge in [-0.3, -0.25) is 9.59 Å². The lowest BCUT2D eigenvalue weighted by molar-refractivity contribution is -0.120. The molecule has 1 heterocycles. The zero-order valence-corrected chi connectivity index (χ0v) is 16.6. The average molecular weight is 401 g/mol. The molecule has 2 aromatic carbocycles. The molecule has 1 aliphatic rings. The summed E-state index contributed by atoms with van der Waals surface area (Å²) < 4.78 is 26.5. The maximum atomic E-state index is 12.9. The van der Waals surface area contributed by atoms with E-state index < -0.39 is 16.1 Å². The normalized spacial score (nSPS) is 16.9. The number of nitrogens with zero attached hydrogens (tertiary/aromatic N) is 1. The van der Waals surface area contributed by atoms with E-state index in [0.29, 0.717) is 17.8 Å². The van der Waals surface area contributed by atoms with Crippen molar-refractivity contribution in [1.29, 1.82) is 0 Å². The van der Waals surface area contributed by atoms with E-state index in [2.05, 4.69) is 10.6 Å². The summed E-state index contributed by atoms with van der Waals surface area (Å²) in [7, 11) is -3.55. The molecule has 0 fully saturated rings. The summed E-state index contributed by atoms with van der Waals surface area (Å²) in [5.74, 6) is -0.624. The van der Waals surface area contributed by atoms with Crippen molar-refractivity contribution in [3.8, 4) is 0 Å². The van der Waals surface area contributed by atoms with Gasteiger partial charge in [-0.2, -0.15) is 4.31 Å². The van der Waals surface area contributed by atoms with Gasteiger partial charge in [-0.25, -0.2) is 8.42 Å². The fourth-order valence-corrected chi connectivity index (χ4v) is 4.47. The Labute approximate surface area is 164 Å². The third-order valence-corrected chi connectivity index (χ3v) is 6.53. The second-order valence-electron chi connectivity index (χ2n) is 6.68. The molecule has 148 valence electrons. The number of sulfonamides is 1. The standard InChI is InChI=1S/C20H23N3O4S/c1-3-28(26,27)23-13-16-7-5-4-6-15(16)12-19(23)20(25)22-18-10-8-17(9-11-18)21-14(2)24/h4-11,19H,3,12-13H2,1-2H3,(H,21,24)(H,22,25)/t19-/m1/s1. The maximum Gasteiger partial charge on any atom is 0.243 e. The second-order valence-corrected chi connectivity index (χ2v) is 8.89. The van der Waals surface area contributed by atoms with Crippen molar-refractivity contribution in [2.24, 2.45) is 0 Å². The van der Waals surface area contributed by atoms with Gasteiger partial charge in [0.05, 0.1) is 5.75 Å². The van der Waals surface area contributed by atoms with E-state index in [1.54, 1.807) is 31.2 Å². The molecule has 28 heavy (non-hydrogen) atoms. The number of fused-ring (bicyclic) bond motifs is 1. The van der Waals surface area contributed by atoms with Gasteiger partial charge in [0.25, 0.3) is 0 Å². The number of nitrogens with one attached hydrogen (secondary N) is 2. The van der Waals surface area contributed by atoms with Crippen molar-refractivity contribution in [3.63, 3.8) is 0 Å². The zero-order chi connectivity index (χ0) is 20.3. The lowest BCUT2D eigenvalue weighted by Crippen LogP contribution is -2.51. The Morgan fingerprint density at radius 3 is 2.14 bits per heavy atom. The van der Waals surface area contributed by atoms with Gasteiger partial charge < -0.3 is 10.6 Å². The van der Waals surface area contributed by atoms with Crippen molar-refractivity contribution in [1.82, 2.24) is 4.31 Å². The zero-order valence-electron chi connectivity index (χ0n) is 15.8. The fraction of sp³-hybridized carbons (Fsp3) is 0.300. The van der Waals surface area contributed by atoms with Crippen LogP contribution in [-0.4, -0.2) is 36.3 Å². The van der Waals surface area contributed by atoms with Gasteiger partial charge in [-0.15, -0.1) is 0 Å². The highest BCUT2D eigenvalue weighted by atomic mass is 32.2. The Balaban J connectivity index is 1.82. The van der Waals surface area contributed by atoms with Gasteiger partial charge in [0.1, 0.15) is 6.04 Å². The minimum atomic E-state index is -3.55. The van der Waals surface area contributed by atoms with E-state index in [1.807, 2.05) is 24.3 Å². The van der Waals surface area contributed by atoms with E-state index in [9.17, 15) is 18.0 Å². The topological polar surface area (TPSA) is 95.6 Å². The Bertz CT molecular complexity index is 987.